The topological polar surface area (TPSA) is 29.9 Å². The lowest BCUT2D eigenvalue weighted by molar-refractivity contribution is 0.609. The average molecular weight is 227 g/mol. The predicted molar refractivity (Wildman–Crippen MR) is 70.1 cm³/mol. The molecular formula is C14H17N3. The van der Waals surface area contributed by atoms with E-state index >= 15 is 0 Å². The highest BCUT2D eigenvalue weighted by molar-refractivity contribution is 5.73. The van der Waals surface area contributed by atoms with E-state index in [2.05, 4.69) is 46.3 Å². The molecule has 1 aromatic heterocycles. The SMILES string of the molecule is CCCn1nccc1-c1cccc2c1CCN2. The molecule has 0 aliphatic carbocycles. The Morgan fingerprint density at radius 2 is 2.29 bits per heavy atom. The van der Waals surface area contributed by atoms with Crippen LogP contribution in [0.5, 0.6) is 0 Å². The maximum absolute atomic E-state index is 4.40. The van der Waals surface area contributed by atoms with Crippen LogP contribution in [-0.2, 0) is 13.0 Å². The molecule has 0 spiro atoms. The van der Waals surface area contributed by atoms with Gasteiger partial charge in [0.05, 0.1) is 5.69 Å². The van der Waals surface area contributed by atoms with Crippen molar-refractivity contribution in [1.82, 2.24) is 9.78 Å². The Bertz CT molecular complexity index is 528. The summed E-state index contributed by atoms with van der Waals surface area (Å²) in [5.41, 5.74) is 5.29. The number of nitrogens with zero attached hydrogens (tertiary/aromatic N) is 2. The van der Waals surface area contributed by atoms with Crippen LogP contribution in [0.4, 0.5) is 5.69 Å². The van der Waals surface area contributed by atoms with Gasteiger partial charge in [0.2, 0.25) is 0 Å². The van der Waals surface area contributed by atoms with Crippen LogP contribution in [0.1, 0.15) is 18.9 Å². The molecule has 88 valence electrons. The van der Waals surface area contributed by atoms with Crippen molar-refractivity contribution >= 4 is 5.69 Å². The van der Waals surface area contributed by atoms with Crippen LogP contribution in [0.2, 0.25) is 0 Å². The summed E-state index contributed by atoms with van der Waals surface area (Å²) >= 11 is 0. The second-order valence-electron chi connectivity index (χ2n) is 4.45. The average Bonchev–Trinajstić information content (AvgIpc) is 2.96. The lowest BCUT2D eigenvalue weighted by Gasteiger charge is -2.10. The fraction of sp³-hybridized carbons (Fsp3) is 0.357. The van der Waals surface area contributed by atoms with Gasteiger partial charge in [0, 0.05) is 30.5 Å². The molecule has 3 nitrogen and oxygen atoms in total. The predicted octanol–water partition coefficient (Wildman–Crippen LogP) is 2.93. The third kappa shape index (κ3) is 1.71. The number of aromatic nitrogens is 2. The maximum atomic E-state index is 4.40. The molecule has 3 rings (SSSR count). The Kier molecular flexibility index (Phi) is 2.59. The first-order valence-corrected chi connectivity index (χ1v) is 6.28. The van der Waals surface area contributed by atoms with Crippen LogP contribution in [0.3, 0.4) is 0 Å². The highest BCUT2D eigenvalue weighted by Crippen LogP contribution is 2.32. The van der Waals surface area contributed by atoms with E-state index in [1.165, 1.54) is 22.5 Å². The summed E-state index contributed by atoms with van der Waals surface area (Å²) in [6.07, 6.45) is 4.12. The molecule has 1 aromatic carbocycles. The second kappa shape index (κ2) is 4.24. The van der Waals surface area contributed by atoms with Gasteiger partial charge >= 0.3 is 0 Å². The van der Waals surface area contributed by atoms with Crippen molar-refractivity contribution in [3.63, 3.8) is 0 Å². The highest BCUT2D eigenvalue weighted by atomic mass is 15.3. The number of hydrogen-bond donors (Lipinski definition) is 1. The van der Waals surface area contributed by atoms with Crippen LogP contribution in [0.15, 0.2) is 30.5 Å². The minimum atomic E-state index is 0.986. The Morgan fingerprint density at radius 1 is 1.35 bits per heavy atom. The second-order valence-corrected chi connectivity index (χ2v) is 4.45. The van der Waals surface area contributed by atoms with E-state index in [0.29, 0.717) is 0 Å². The first-order valence-electron chi connectivity index (χ1n) is 6.28. The van der Waals surface area contributed by atoms with Crippen LogP contribution < -0.4 is 5.32 Å². The van der Waals surface area contributed by atoms with E-state index in [4.69, 9.17) is 0 Å². The standard InChI is InChI=1S/C14H17N3/c1-2-10-17-14(7-9-16-17)12-4-3-5-13-11(12)6-8-15-13/h3-5,7,9,15H,2,6,8,10H2,1H3. The normalized spacial score (nSPS) is 13.5. The molecule has 0 radical (unpaired) electrons. The van der Waals surface area contributed by atoms with Gasteiger partial charge in [-0.1, -0.05) is 19.1 Å². The lowest BCUT2D eigenvalue weighted by atomic mass is 10.0. The van der Waals surface area contributed by atoms with E-state index in [-0.39, 0.29) is 0 Å². The molecule has 0 atom stereocenters. The third-order valence-corrected chi connectivity index (χ3v) is 3.29. The van der Waals surface area contributed by atoms with Gasteiger partial charge in [0.15, 0.2) is 0 Å². The van der Waals surface area contributed by atoms with Crippen molar-refractivity contribution in [2.24, 2.45) is 0 Å². The number of fused-ring (bicyclic) bond motifs is 1. The van der Waals surface area contributed by atoms with Gasteiger partial charge in [-0.15, -0.1) is 0 Å². The molecule has 17 heavy (non-hydrogen) atoms. The molecule has 0 saturated heterocycles. The fourth-order valence-electron chi connectivity index (χ4n) is 2.54. The van der Waals surface area contributed by atoms with Gasteiger partial charge in [-0.3, -0.25) is 4.68 Å². The van der Waals surface area contributed by atoms with E-state index < -0.39 is 0 Å². The van der Waals surface area contributed by atoms with E-state index in [1.54, 1.807) is 0 Å². The van der Waals surface area contributed by atoms with Crippen LogP contribution in [-0.4, -0.2) is 16.3 Å². The van der Waals surface area contributed by atoms with E-state index in [1.807, 2.05) is 6.20 Å². The molecule has 0 bridgehead atoms. The molecule has 3 heteroatoms. The Labute approximate surface area is 101 Å². The number of nitrogens with one attached hydrogen (secondary N) is 1. The molecule has 1 aliphatic rings. The zero-order valence-electron chi connectivity index (χ0n) is 10.1. The smallest absolute Gasteiger partial charge is 0.0685 e. The molecule has 1 N–H and O–H groups in total. The van der Waals surface area contributed by atoms with Crippen molar-refractivity contribution in [2.45, 2.75) is 26.3 Å². The van der Waals surface area contributed by atoms with Gasteiger partial charge < -0.3 is 5.32 Å². The number of hydrogen-bond acceptors (Lipinski definition) is 2. The van der Waals surface area contributed by atoms with Crippen molar-refractivity contribution in [3.8, 4) is 11.3 Å². The number of rotatable bonds is 3. The Balaban J connectivity index is 2.09. The molecule has 2 aromatic rings. The van der Waals surface area contributed by atoms with Crippen molar-refractivity contribution in [3.05, 3.63) is 36.0 Å². The molecule has 0 amide bonds. The van der Waals surface area contributed by atoms with Crippen molar-refractivity contribution in [2.75, 3.05) is 11.9 Å². The quantitative estimate of drug-likeness (QED) is 0.873. The number of anilines is 1. The fourth-order valence-corrected chi connectivity index (χ4v) is 2.54. The largest absolute Gasteiger partial charge is 0.384 e. The zero-order valence-corrected chi connectivity index (χ0v) is 10.1. The zero-order chi connectivity index (χ0) is 11.7. The van der Waals surface area contributed by atoms with E-state index in [0.717, 1.165) is 25.9 Å². The minimum absolute atomic E-state index is 0.986. The summed E-state index contributed by atoms with van der Waals surface area (Å²) in [6.45, 7) is 4.22. The first-order chi connectivity index (χ1) is 8.40. The van der Waals surface area contributed by atoms with Crippen molar-refractivity contribution in [1.29, 1.82) is 0 Å². The molecule has 2 heterocycles. The van der Waals surface area contributed by atoms with Gasteiger partial charge in [0.1, 0.15) is 0 Å². The molecular weight excluding hydrogens is 210 g/mol. The Hall–Kier alpha value is -1.77. The maximum Gasteiger partial charge on any atom is 0.0685 e. The van der Waals surface area contributed by atoms with Gasteiger partial charge in [0.25, 0.3) is 0 Å². The Morgan fingerprint density at radius 3 is 3.18 bits per heavy atom. The van der Waals surface area contributed by atoms with Gasteiger partial charge in [-0.05, 0) is 30.5 Å². The summed E-state index contributed by atoms with van der Waals surface area (Å²) in [6, 6.07) is 8.60. The molecule has 1 aliphatic heterocycles. The minimum Gasteiger partial charge on any atom is -0.384 e. The molecule has 0 saturated carbocycles. The summed E-state index contributed by atoms with van der Waals surface area (Å²) in [7, 11) is 0. The molecule has 0 fully saturated rings. The van der Waals surface area contributed by atoms with Crippen LogP contribution in [0.25, 0.3) is 11.3 Å². The summed E-state index contributed by atoms with van der Waals surface area (Å²) < 4.78 is 2.11. The molecule has 0 unspecified atom stereocenters. The van der Waals surface area contributed by atoms with Gasteiger partial charge in [-0.2, -0.15) is 5.10 Å². The third-order valence-electron chi connectivity index (χ3n) is 3.29. The lowest BCUT2D eigenvalue weighted by Crippen LogP contribution is -2.02. The van der Waals surface area contributed by atoms with E-state index in [9.17, 15) is 0 Å². The number of benzene rings is 1. The monoisotopic (exact) mass is 227 g/mol. The summed E-state index contributed by atoms with van der Waals surface area (Å²) in [4.78, 5) is 0. The first kappa shape index (κ1) is 10.4. The van der Waals surface area contributed by atoms with Crippen LogP contribution in [0, 0.1) is 0 Å². The summed E-state index contributed by atoms with van der Waals surface area (Å²) in [5.74, 6) is 0. The van der Waals surface area contributed by atoms with Crippen LogP contribution >= 0.6 is 0 Å². The van der Waals surface area contributed by atoms with Crippen molar-refractivity contribution < 1.29 is 0 Å². The van der Waals surface area contributed by atoms with Gasteiger partial charge in [-0.25, -0.2) is 0 Å². The summed E-state index contributed by atoms with van der Waals surface area (Å²) in [5, 5.41) is 7.83. The number of aryl methyl sites for hydroxylation is 1. The highest BCUT2D eigenvalue weighted by Gasteiger charge is 2.16.